The molecule has 11 heteroatoms. The van der Waals surface area contributed by atoms with Crippen molar-refractivity contribution in [2.24, 2.45) is 0 Å². The van der Waals surface area contributed by atoms with Crippen molar-refractivity contribution in [3.05, 3.63) is 53.5 Å². The van der Waals surface area contributed by atoms with E-state index in [1.807, 2.05) is 36.4 Å². The molecule has 0 unspecified atom stereocenters. The first-order valence-corrected chi connectivity index (χ1v) is 12.1. The Morgan fingerprint density at radius 1 is 0.889 bits per heavy atom. The van der Waals surface area contributed by atoms with Crippen LogP contribution in [0.4, 0.5) is 32.2 Å². The Balaban J connectivity index is 0.000000321. The van der Waals surface area contributed by atoms with E-state index in [0.717, 1.165) is 30.3 Å². The summed E-state index contributed by atoms with van der Waals surface area (Å²) in [5, 5.41) is 8.94. The Hall–Kier alpha value is -2.40. The number of hydrogen-bond acceptors (Lipinski definition) is 3. The summed E-state index contributed by atoms with van der Waals surface area (Å²) < 4.78 is 65.4. The summed E-state index contributed by atoms with van der Waals surface area (Å²) in [7, 11) is 0. The summed E-state index contributed by atoms with van der Waals surface area (Å²) in [6.07, 6.45) is 2.41. The van der Waals surface area contributed by atoms with Gasteiger partial charge in [0, 0.05) is 19.2 Å². The number of rotatable bonds is 3. The second-order valence-corrected chi connectivity index (χ2v) is 9.84. The second kappa shape index (κ2) is 6.96. The van der Waals surface area contributed by atoms with Gasteiger partial charge >= 0.3 is 40.7 Å². The van der Waals surface area contributed by atoms with Crippen LogP contribution in [0.2, 0.25) is 0 Å². The van der Waals surface area contributed by atoms with Crippen molar-refractivity contribution < 1.29 is 25.5 Å². The molecule has 2 aromatic carbocycles. The molecule has 0 N–H and O–H groups in total. The molecule has 0 aromatic heterocycles. The van der Waals surface area contributed by atoms with Crippen molar-refractivity contribution in [2.45, 2.75) is 12.8 Å². The Kier molecular flexibility index (Phi) is 5.39. The number of nitrogens with zero attached hydrogens (tertiary/aromatic N) is 3. The summed E-state index contributed by atoms with van der Waals surface area (Å²) in [6.45, 7) is 2.08. The maximum absolute atomic E-state index is 11.1. The maximum atomic E-state index is 9.91. The fourth-order valence-corrected chi connectivity index (χ4v) is 2.48. The molecule has 27 heavy (non-hydrogen) atoms. The van der Waals surface area contributed by atoms with Crippen molar-refractivity contribution in [1.82, 2.24) is 0 Å². The maximum Gasteiger partial charge on any atom is 0.388 e. The van der Waals surface area contributed by atoms with Crippen molar-refractivity contribution in [2.75, 3.05) is 18.0 Å². The Morgan fingerprint density at radius 2 is 1.44 bits per heavy atom. The third-order valence-corrected chi connectivity index (χ3v) is 3.48. The minimum Gasteiger partial charge on any atom is -0.455 e. The van der Waals surface area contributed by atoms with Gasteiger partial charge in [0.2, 0.25) is 5.39 Å². The molecule has 0 amide bonds. The number of diazo groups is 1. The minimum atomic E-state index is -11.1. The van der Waals surface area contributed by atoms with Crippen LogP contribution >= 0.6 is 0 Å². The quantitative estimate of drug-likeness (QED) is 0.294. The first-order chi connectivity index (χ1) is 12.3. The van der Waals surface area contributed by atoms with Crippen LogP contribution in [0.15, 0.2) is 48.5 Å². The molecule has 1 saturated heterocycles. The smallest absolute Gasteiger partial charge is 0.388 e. The largest absolute Gasteiger partial charge is 0.455 e. The van der Waals surface area contributed by atoms with E-state index in [2.05, 4.69) is 9.88 Å². The van der Waals surface area contributed by atoms with E-state index in [1.165, 1.54) is 12.8 Å². The van der Waals surface area contributed by atoms with Crippen LogP contribution < -0.4 is 9.64 Å². The predicted octanol–water partition coefficient (Wildman–Crippen LogP) is 6.70. The standard InChI is InChI=1S/C16H16N3O.AsF6/c17-18-13-8-9-15(19-10-4-5-11-19)16(12-13)20-14-6-2-1-3-7-14;2-1(3,4,5,6)7/h1-3,6-9,12H,4-5,10-11H2;/q+1;-1. The van der Waals surface area contributed by atoms with Crippen molar-refractivity contribution in [1.29, 1.82) is 5.39 Å². The molecule has 3 rings (SSSR count). The van der Waals surface area contributed by atoms with Gasteiger partial charge in [-0.3, -0.25) is 0 Å². The topological polar surface area (TPSA) is 40.6 Å². The van der Waals surface area contributed by atoms with E-state index in [0.29, 0.717) is 5.69 Å². The minimum absolute atomic E-state index is 0.499. The first-order valence-electron chi connectivity index (χ1n) is 7.85. The summed E-state index contributed by atoms with van der Waals surface area (Å²) in [5.74, 6) is 1.51. The van der Waals surface area contributed by atoms with Crippen LogP contribution in [-0.2, 0) is 0 Å². The van der Waals surface area contributed by atoms with Gasteiger partial charge in [0.1, 0.15) is 5.75 Å². The van der Waals surface area contributed by atoms with E-state index in [-0.39, 0.29) is 0 Å². The summed E-state index contributed by atoms with van der Waals surface area (Å²) in [4.78, 5) is 5.55. The molecule has 0 aliphatic carbocycles. The van der Waals surface area contributed by atoms with Crippen LogP contribution in [0.3, 0.4) is 0 Å². The van der Waals surface area contributed by atoms with Crippen LogP contribution in [-0.4, -0.2) is 27.3 Å². The molecule has 1 heterocycles. The molecule has 1 fully saturated rings. The SMILES string of the molecule is F[As-](F)(F)(F)(F)F.N#[N+]c1ccc(N2CCCC2)c(Oc2ccccc2)c1. The average molecular weight is 455 g/mol. The molecule has 0 saturated carbocycles. The van der Waals surface area contributed by atoms with E-state index >= 15 is 0 Å². The third-order valence-electron chi connectivity index (χ3n) is 3.48. The summed E-state index contributed by atoms with van der Waals surface area (Å²) in [6, 6.07) is 15.2. The Labute approximate surface area is 152 Å². The fraction of sp³-hybridized carbons (Fsp3) is 0.250. The molecule has 148 valence electrons. The van der Waals surface area contributed by atoms with Crippen molar-refractivity contribution in [3.8, 4) is 11.5 Å². The average Bonchev–Trinajstić information content (AvgIpc) is 3.07. The number of para-hydroxylation sites is 1. The van der Waals surface area contributed by atoms with Gasteiger partial charge in [-0.2, -0.15) is 0 Å². The van der Waals surface area contributed by atoms with Crippen LogP contribution in [0.25, 0.3) is 4.98 Å². The van der Waals surface area contributed by atoms with Crippen LogP contribution in [0.5, 0.6) is 11.5 Å². The number of anilines is 1. The zero-order chi connectivity index (χ0) is 20.2. The van der Waals surface area contributed by atoms with E-state index in [1.54, 1.807) is 12.1 Å². The monoisotopic (exact) mass is 455 g/mol. The van der Waals surface area contributed by atoms with Crippen LogP contribution in [0, 0.1) is 5.39 Å². The third kappa shape index (κ3) is 8.69. The van der Waals surface area contributed by atoms with E-state index in [9.17, 15) is 20.8 Å². The molecule has 0 spiro atoms. The summed E-state index contributed by atoms with van der Waals surface area (Å²) in [5.41, 5.74) is 1.55. The van der Waals surface area contributed by atoms with Gasteiger partial charge in [0.25, 0.3) is 0 Å². The molecule has 0 atom stereocenters. The van der Waals surface area contributed by atoms with Crippen molar-refractivity contribution in [3.63, 3.8) is 0 Å². The van der Waals surface area contributed by atoms with Gasteiger partial charge in [-0.15, -0.1) is 0 Å². The van der Waals surface area contributed by atoms with Gasteiger partial charge in [-0.05, 0) is 31.0 Å². The number of hydrogen-bond donors (Lipinski definition) is 0. The first kappa shape index (κ1) is 20.9. The number of benzene rings is 2. The number of halogens is 6. The zero-order valence-electron chi connectivity index (χ0n) is 13.9. The van der Waals surface area contributed by atoms with E-state index < -0.39 is 14.2 Å². The van der Waals surface area contributed by atoms with Gasteiger partial charge in [-0.25, -0.2) is 0 Å². The van der Waals surface area contributed by atoms with Gasteiger partial charge in [0.15, 0.2) is 10.7 Å². The molecule has 0 radical (unpaired) electrons. The van der Waals surface area contributed by atoms with E-state index in [4.69, 9.17) is 10.1 Å². The molecule has 2 aromatic rings. The molecule has 1 aliphatic rings. The summed E-state index contributed by atoms with van der Waals surface area (Å²) >= 11 is -11.1. The van der Waals surface area contributed by atoms with Gasteiger partial charge in [-0.1, -0.05) is 18.2 Å². The molecule has 0 bridgehead atoms. The molecular formula is C16H16AsF6N3O. The van der Waals surface area contributed by atoms with Crippen LogP contribution in [0.1, 0.15) is 12.8 Å². The van der Waals surface area contributed by atoms with Gasteiger partial charge < -0.3 is 9.64 Å². The predicted molar refractivity (Wildman–Crippen MR) is 91.6 cm³/mol. The fourth-order valence-electron chi connectivity index (χ4n) is 2.48. The molecule has 1 aliphatic heterocycles. The van der Waals surface area contributed by atoms with Gasteiger partial charge in [0.05, 0.1) is 11.8 Å². The number of ether oxygens (including phenoxy) is 1. The van der Waals surface area contributed by atoms with Crippen molar-refractivity contribution >= 4 is 25.5 Å². The normalized spacial score (nSPS) is 16.4. The molecule has 4 nitrogen and oxygen atoms in total. The zero-order valence-corrected chi connectivity index (χ0v) is 15.8. The Morgan fingerprint density at radius 3 is 1.96 bits per heavy atom. The molecular weight excluding hydrogens is 439 g/mol. The second-order valence-electron chi connectivity index (χ2n) is 5.82. The Bertz CT molecular complexity index is 820.